The van der Waals surface area contributed by atoms with E-state index in [9.17, 15) is 4.39 Å². The number of rotatable bonds is 1. The van der Waals surface area contributed by atoms with Gasteiger partial charge in [-0.25, -0.2) is 14.4 Å². The molecule has 1 aromatic carbocycles. The van der Waals surface area contributed by atoms with Crippen molar-refractivity contribution in [2.45, 2.75) is 0 Å². The van der Waals surface area contributed by atoms with Gasteiger partial charge in [0.15, 0.2) is 0 Å². The van der Waals surface area contributed by atoms with E-state index < -0.39 is 0 Å². The van der Waals surface area contributed by atoms with Crippen LogP contribution in [0.15, 0.2) is 35.1 Å². The molecule has 1 heterocycles. The van der Waals surface area contributed by atoms with E-state index in [0.717, 1.165) is 5.56 Å². The second-order valence-electron chi connectivity index (χ2n) is 2.93. The first-order valence-corrected chi connectivity index (χ1v) is 5.00. The number of hydrogen-bond acceptors (Lipinski definition) is 3. The Morgan fingerprint density at radius 3 is 2.53 bits per heavy atom. The van der Waals surface area contributed by atoms with Gasteiger partial charge in [0.1, 0.15) is 21.9 Å². The SMILES string of the molecule is Nc1ncc(Br)nc1-c1ccc(F)cc1. The summed E-state index contributed by atoms with van der Waals surface area (Å²) >= 11 is 3.20. The van der Waals surface area contributed by atoms with Crippen LogP contribution in [0.2, 0.25) is 0 Å². The van der Waals surface area contributed by atoms with Crippen molar-refractivity contribution in [3.05, 3.63) is 40.9 Å². The van der Waals surface area contributed by atoms with Crippen molar-refractivity contribution in [3.8, 4) is 11.3 Å². The smallest absolute Gasteiger partial charge is 0.150 e. The number of anilines is 1. The van der Waals surface area contributed by atoms with Crippen LogP contribution in [0, 0.1) is 5.82 Å². The van der Waals surface area contributed by atoms with Gasteiger partial charge in [-0.15, -0.1) is 0 Å². The number of aromatic nitrogens is 2. The molecule has 1 aromatic heterocycles. The zero-order valence-electron chi connectivity index (χ0n) is 7.61. The molecule has 2 N–H and O–H groups in total. The molecule has 0 saturated heterocycles. The average molecular weight is 268 g/mol. The molecule has 0 saturated carbocycles. The van der Waals surface area contributed by atoms with Crippen LogP contribution in [0.5, 0.6) is 0 Å². The fourth-order valence-electron chi connectivity index (χ4n) is 1.20. The van der Waals surface area contributed by atoms with E-state index >= 15 is 0 Å². The van der Waals surface area contributed by atoms with Crippen LogP contribution in [0.4, 0.5) is 10.2 Å². The Morgan fingerprint density at radius 1 is 1.20 bits per heavy atom. The van der Waals surface area contributed by atoms with E-state index in [4.69, 9.17) is 5.73 Å². The second-order valence-corrected chi connectivity index (χ2v) is 3.75. The lowest BCUT2D eigenvalue weighted by Crippen LogP contribution is -1.97. The minimum Gasteiger partial charge on any atom is -0.382 e. The summed E-state index contributed by atoms with van der Waals surface area (Å²) in [7, 11) is 0. The predicted octanol–water partition coefficient (Wildman–Crippen LogP) is 2.63. The summed E-state index contributed by atoms with van der Waals surface area (Å²) in [4.78, 5) is 8.13. The quantitative estimate of drug-likeness (QED) is 0.864. The zero-order chi connectivity index (χ0) is 10.8. The maximum atomic E-state index is 12.7. The largest absolute Gasteiger partial charge is 0.382 e. The monoisotopic (exact) mass is 267 g/mol. The molecule has 2 aromatic rings. The first kappa shape index (κ1) is 10.0. The third-order valence-corrected chi connectivity index (χ3v) is 2.27. The van der Waals surface area contributed by atoms with Crippen molar-refractivity contribution in [1.82, 2.24) is 9.97 Å². The first-order valence-electron chi connectivity index (χ1n) is 4.21. The summed E-state index contributed by atoms with van der Waals surface area (Å²) in [6.07, 6.45) is 1.52. The van der Waals surface area contributed by atoms with E-state index in [1.807, 2.05) is 0 Å². The topological polar surface area (TPSA) is 51.8 Å². The van der Waals surface area contributed by atoms with Crippen molar-refractivity contribution in [2.75, 3.05) is 5.73 Å². The molecule has 0 unspecified atom stereocenters. The van der Waals surface area contributed by atoms with Gasteiger partial charge in [0.25, 0.3) is 0 Å². The van der Waals surface area contributed by atoms with Crippen molar-refractivity contribution in [1.29, 1.82) is 0 Å². The van der Waals surface area contributed by atoms with Gasteiger partial charge in [-0.3, -0.25) is 0 Å². The van der Waals surface area contributed by atoms with Gasteiger partial charge in [-0.1, -0.05) is 0 Å². The minimum absolute atomic E-state index is 0.291. The lowest BCUT2D eigenvalue weighted by molar-refractivity contribution is 0.628. The molecule has 0 spiro atoms. The fourth-order valence-corrected chi connectivity index (χ4v) is 1.48. The van der Waals surface area contributed by atoms with Crippen LogP contribution >= 0.6 is 15.9 Å². The Balaban J connectivity index is 2.53. The normalized spacial score (nSPS) is 10.3. The molecule has 0 aliphatic carbocycles. The Bertz CT molecular complexity index is 485. The lowest BCUT2D eigenvalue weighted by atomic mass is 10.1. The molecule has 0 atom stereocenters. The van der Waals surface area contributed by atoms with Crippen molar-refractivity contribution in [3.63, 3.8) is 0 Å². The van der Waals surface area contributed by atoms with E-state index in [1.165, 1.54) is 18.3 Å². The highest BCUT2D eigenvalue weighted by Crippen LogP contribution is 2.23. The number of nitrogens with two attached hydrogens (primary N) is 1. The van der Waals surface area contributed by atoms with E-state index in [2.05, 4.69) is 25.9 Å². The Labute approximate surface area is 94.3 Å². The number of benzene rings is 1. The van der Waals surface area contributed by atoms with Gasteiger partial charge >= 0.3 is 0 Å². The molecule has 0 bridgehead atoms. The van der Waals surface area contributed by atoms with Gasteiger partial charge in [0.05, 0.1) is 6.20 Å². The highest BCUT2D eigenvalue weighted by molar-refractivity contribution is 9.10. The summed E-state index contributed by atoms with van der Waals surface area (Å²) in [6, 6.07) is 5.94. The molecular formula is C10H7BrFN3. The van der Waals surface area contributed by atoms with Gasteiger partial charge in [0.2, 0.25) is 0 Å². The van der Waals surface area contributed by atoms with Crippen LogP contribution in [-0.2, 0) is 0 Å². The van der Waals surface area contributed by atoms with Gasteiger partial charge < -0.3 is 5.73 Å². The molecule has 0 aliphatic rings. The average Bonchev–Trinajstić information content (AvgIpc) is 2.23. The third-order valence-electron chi connectivity index (χ3n) is 1.89. The fraction of sp³-hybridized carbons (Fsp3) is 0. The summed E-state index contributed by atoms with van der Waals surface area (Å²) in [5.41, 5.74) is 6.96. The number of halogens is 2. The predicted molar refractivity (Wildman–Crippen MR) is 59.5 cm³/mol. The molecule has 5 heteroatoms. The second kappa shape index (κ2) is 3.94. The van der Waals surface area contributed by atoms with Crippen molar-refractivity contribution < 1.29 is 4.39 Å². The highest BCUT2D eigenvalue weighted by atomic mass is 79.9. The van der Waals surface area contributed by atoms with Gasteiger partial charge in [-0.05, 0) is 40.2 Å². The van der Waals surface area contributed by atoms with E-state index in [1.54, 1.807) is 12.1 Å². The summed E-state index contributed by atoms with van der Waals surface area (Å²) in [6.45, 7) is 0. The summed E-state index contributed by atoms with van der Waals surface area (Å²) in [5.74, 6) is 0.0325. The molecule has 0 fully saturated rings. The van der Waals surface area contributed by atoms with Gasteiger partial charge in [0, 0.05) is 5.56 Å². The Morgan fingerprint density at radius 2 is 1.87 bits per heavy atom. The summed E-state index contributed by atoms with van der Waals surface area (Å²) in [5, 5.41) is 0. The van der Waals surface area contributed by atoms with E-state index in [-0.39, 0.29) is 5.82 Å². The zero-order valence-corrected chi connectivity index (χ0v) is 9.20. The third kappa shape index (κ3) is 2.12. The first-order chi connectivity index (χ1) is 7.16. The summed E-state index contributed by atoms with van der Waals surface area (Å²) < 4.78 is 13.3. The molecular weight excluding hydrogens is 261 g/mol. The maximum Gasteiger partial charge on any atom is 0.150 e. The number of nitrogen functional groups attached to an aromatic ring is 1. The molecule has 0 amide bonds. The minimum atomic E-state index is -0.291. The standard InChI is InChI=1S/C10H7BrFN3/c11-8-5-14-10(13)9(15-8)6-1-3-7(12)4-2-6/h1-5H,(H2,13,14). The number of hydrogen-bond donors (Lipinski definition) is 1. The van der Waals surface area contributed by atoms with Crippen LogP contribution in [0.25, 0.3) is 11.3 Å². The highest BCUT2D eigenvalue weighted by Gasteiger charge is 2.06. The van der Waals surface area contributed by atoms with Crippen molar-refractivity contribution in [2.24, 2.45) is 0 Å². The lowest BCUT2D eigenvalue weighted by Gasteiger charge is -2.03. The van der Waals surface area contributed by atoms with Crippen LogP contribution < -0.4 is 5.73 Å². The molecule has 0 radical (unpaired) electrons. The molecule has 2 rings (SSSR count). The van der Waals surface area contributed by atoms with Crippen LogP contribution in [0.1, 0.15) is 0 Å². The van der Waals surface area contributed by atoms with Gasteiger partial charge in [-0.2, -0.15) is 0 Å². The van der Waals surface area contributed by atoms with E-state index in [0.29, 0.717) is 16.1 Å². The van der Waals surface area contributed by atoms with Crippen molar-refractivity contribution >= 4 is 21.7 Å². The maximum absolute atomic E-state index is 12.7. The molecule has 76 valence electrons. The number of nitrogens with zero attached hydrogens (tertiary/aromatic N) is 2. The van der Waals surface area contributed by atoms with Crippen LogP contribution in [0.3, 0.4) is 0 Å². The molecule has 0 aliphatic heterocycles. The molecule has 3 nitrogen and oxygen atoms in total. The molecule has 15 heavy (non-hydrogen) atoms. The Hall–Kier alpha value is -1.49. The van der Waals surface area contributed by atoms with Crippen LogP contribution in [-0.4, -0.2) is 9.97 Å². The Kier molecular flexibility index (Phi) is 2.64.